The molecule has 56 valence electrons. The Balaban J connectivity index is 2.85. The van der Waals surface area contributed by atoms with E-state index in [2.05, 4.69) is 10.2 Å². The monoisotopic (exact) mass is 141 g/mol. The molecule has 0 amide bonds. The fourth-order valence-electron chi connectivity index (χ4n) is 0.655. The van der Waals surface area contributed by atoms with Crippen LogP contribution in [0.4, 0.5) is 0 Å². The number of hydrogen-bond acceptors (Lipinski definition) is 3. The zero-order valence-corrected chi connectivity index (χ0v) is 6.09. The van der Waals surface area contributed by atoms with E-state index in [1.807, 2.05) is 19.9 Å². The minimum atomic E-state index is -0.476. The Hall–Kier alpha value is -0.870. The van der Waals surface area contributed by atoms with E-state index in [0.717, 1.165) is 5.69 Å². The highest BCUT2D eigenvalue weighted by Crippen LogP contribution is 2.18. The van der Waals surface area contributed by atoms with Crippen molar-refractivity contribution in [1.82, 2.24) is 10.2 Å². The molecule has 1 rings (SSSR count). The van der Waals surface area contributed by atoms with Gasteiger partial charge in [0.15, 0.2) is 0 Å². The lowest BCUT2D eigenvalue weighted by molar-refractivity contribution is -0.0268. The quantitative estimate of drug-likeness (QED) is 0.590. The van der Waals surface area contributed by atoms with E-state index in [1.165, 1.54) is 0 Å². The summed E-state index contributed by atoms with van der Waals surface area (Å²) >= 11 is 0. The lowest BCUT2D eigenvalue weighted by Crippen LogP contribution is -2.25. The largest absolute Gasteiger partial charge is 0.292 e. The summed E-state index contributed by atoms with van der Waals surface area (Å²) < 4.78 is 0. The Morgan fingerprint density at radius 3 is 2.80 bits per heavy atom. The minimum absolute atomic E-state index is 0.476. The first-order chi connectivity index (χ1) is 4.67. The Bertz CT molecular complexity index is 193. The predicted octanol–water partition coefficient (Wildman–Crippen LogP) is 0.535. The summed E-state index contributed by atoms with van der Waals surface area (Å²) in [5.41, 5.74) is 0.395. The second kappa shape index (κ2) is 2.40. The molecule has 0 spiro atoms. The third-order valence-electron chi connectivity index (χ3n) is 1.44. The van der Waals surface area contributed by atoms with Gasteiger partial charge in [0.05, 0.1) is 5.69 Å². The Morgan fingerprint density at radius 1 is 1.70 bits per heavy atom. The number of aromatic nitrogens is 2. The molecule has 3 N–H and O–H groups in total. The summed E-state index contributed by atoms with van der Waals surface area (Å²) in [4.78, 5) is 4.71. The molecule has 0 unspecified atom stereocenters. The van der Waals surface area contributed by atoms with Crippen molar-refractivity contribution < 1.29 is 4.84 Å². The Morgan fingerprint density at radius 2 is 2.40 bits per heavy atom. The van der Waals surface area contributed by atoms with Gasteiger partial charge in [-0.1, -0.05) is 0 Å². The van der Waals surface area contributed by atoms with E-state index in [-0.39, 0.29) is 0 Å². The molecular weight excluding hydrogens is 130 g/mol. The van der Waals surface area contributed by atoms with Crippen LogP contribution in [0.15, 0.2) is 12.3 Å². The summed E-state index contributed by atoms with van der Waals surface area (Å²) in [6, 6.07) is 1.83. The van der Waals surface area contributed by atoms with Gasteiger partial charge in [-0.15, -0.1) is 0 Å². The van der Waals surface area contributed by atoms with Gasteiger partial charge in [0.1, 0.15) is 5.60 Å². The number of rotatable bonds is 2. The first-order valence-electron chi connectivity index (χ1n) is 3.04. The minimum Gasteiger partial charge on any atom is -0.292 e. The summed E-state index contributed by atoms with van der Waals surface area (Å²) in [7, 11) is 0. The van der Waals surface area contributed by atoms with Crippen LogP contribution < -0.4 is 5.90 Å². The number of H-pyrrole nitrogens is 1. The van der Waals surface area contributed by atoms with E-state index >= 15 is 0 Å². The van der Waals surface area contributed by atoms with Crippen molar-refractivity contribution in [3.8, 4) is 0 Å². The zero-order valence-electron chi connectivity index (χ0n) is 6.09. The average molecular weight is 141 g/mol. The van der Waals surface area contributed by atoms with Gasteiger partial charge in [-0.3, -0.25) is 9.94 Å². The zero-order chi connectivity index (χ0) is 7.61. The fraction of sp³-hybridized carbons (Fsp3) is 0.500. The second-order valence-electron chi connectivity index (χ2n) is 2.60. The van der Waals surface area contributed by atoms with Gasteiger partial charge < -0.3 is 0 Å². The predicted molar refractivity (Wildman–Crippen MR) is 36.9 cm³/mol. The maximum absolute atomic E-state index is 5.05. The van der Waals surface area contributed by atoms with Crippen molar-refractivity contribution in [1.29, 1.82) is 0 Å². The van der Waals surface area contributed by atoms with Gasteiger partial charge in [-0.05, 0) is 19.9 Å². The molecule has 1 aromatic rings. The van der Waals surface area contributed by atoms with Crippen molar-refractivity contribution in [2.45, 2.75) is 19.4 Å². The van der Waals surface area contributed by atoms with Crippen LogP contribution in [0.2, 0.25) is 0 Å². The summed E-state index contributed by atoms with van der Waals surface area (Å²) in [6.07, 6.45) is 1.66. The van der Waals surface area contributed by atoms with E-state index < -0.39 is 5.60 Å². The molecule has 0 atom stereocenters. The molecule has 0 radical (unpaired) electrons. The number of nitrogens with two attached hydrogens (primary N) is 1. The fourth-order valence-corrected chi connectivity index (χ4v) is 0.655. The van der Waals surface area contributed by atoms with Crippen molar-refractivity contribution in [3.05, 3.63) is 18.0 Å². The molecule has 0 bridgehead atoms. The van der Waals surface area contributed by atoms with Gasteiger partial charge in [0.25, 0.3) is 0 Å². The molecule has 4 heteroatoms. The molecule has 0 saturated heterocycles. The number of hydrogen-bond donors (Lipinski definition) is 2. The third kappa shape index (κ3) is 1.17. The van der Waals surface area contributed by atoms with Crippen molar-refractivity contribution in [2.75, 3.05) is 0 Å². The van der Waals surface area contributed by atoms with Crippen LogP contribution in [0.1, 0.15) is 19.5 Å². The van der Waals surface area contributed by atoms with E-state index in [1.54, 1.807) is 6.20 Å². The van der Waals surface area contributed by atoms with Gasteiger partial charge in [0, 0.05) is 6.20 Å². The van der Waals surface area contributed by atoms with Gasteiger partial charge in [-0.2, -0.15) is 5.10 Å². The molecular formula is C6H11N3O. The first kappa shape index (κ1) is 7.24. The number of nitrogens with zero attached hydrogens (tertiary/aromatic N) is 1. The molecule has 10 heavy (non-hydrogen) atoms. The highest BCUT2D eigenvalue weighted by Gasteiger charge is 2.21. The standard InChI is InChI=1S/C6H11N3O/c1-6(2,10-7)5-3-4-8-9-5/h3-4H,7H2,1-2H3,(H,8,9). The average Bonchev–Trinajstić information content (AvgIpc) is 2.38. The molecule has 4 nitrogen and oxygen atoms in total. The molecule has 0 fully saturated rings. The number of nitrogens with one attached hydrogen (secondary N) is 1. The van der Waals surface area contributed by atoms with Gasteiger partial charge >= 0.3 is 0 Å². The molecule has 0 aliphatic heterocycles. The van der Waals surface area contributed by atoms with Crippen molar-refractivity contribution in [2.24, 2.45) is 5.90 Å². The van der Waals surface area contributed by atoms with Gasteiger partial charge in [-0.25, -0.2) is 5.90 Å². The van der Waals surface area contributed by atoms with E-state index in [9.17, 15) is 0 Å². The molecule has 1 aromatic heterocycles. The van der Waals surface area contributed by atoms with E-state index in [4.69, 9.17) is 10.7 Å². The molecule has 1 heterocycles. The van der Waals surface area contributed by atoms with Crippen LogP contribution >= 0.6 is 0 Å². The van der Waals surface area contributed by atoms with Crippen LogP contribution in [-0.2, 0) is 10.4 Å². The van der Waals surface area contributed by atoms with Crippen LogP contribution in [-0.4, -0.2) is 10.2 Å². The highest BCUT2D eigenvalue weighted by atomic mass is 16.6. The first-order valence-corrected chi connectivity index (χ1v) is 3.04. The number of aromatic amines is 1. The second-order valence-corrected chi connectivity index (χ2v) is 2.60. The highest BCUT2D eigenvalue weighted by molar-refractivity contribution is 5.06. The summed E-state index contributed by atoms with van der Waals surface area (Å²) in [5.74, 6) is 5.05. The van der Waals surface area contributed by atoms with Crippen LogP contribution in [0.25, 0.3) is 0 Å². The van der Waals surface area contributed by atoms with Gasteiger partial charge in [0.2, 0.25) is 0 Å². The van der Waals surface area contributed by atoms with Crippen LogP contribution in [0.3, 0.4) is 0 Å². The normalized spacial score (nSPS) is 11.9. The molecule has 0 aromatic carbocycles. The molecule has 0 saturated carbocycles. The maximum atomic E-state index is 5.05. The lowest BCUT2D eigenvalue weighted by Gasteiger charge is -2.18. The Labute approximate surface area is 59.3 Å². The summed E-state index contributed by atoms with van der Waals surface area (Å²) in [5, 5.41) is 6.55. The van der Waals surface area contributed by atoms with Crippen molar-refractivity contribution in [3.63, 3.8) is 0 Å². The third-order valence-corrected chi connectivity index (χ3v) is 1.44. The van der Waals surface area contributed by atoms with E-state index in [0.29, 0.717) is 0 Å². The van der Waals surface area contributed by atoms with Crippen LogP contribution in [0, 0.1) is 0 Å². The molecule has 0 aliphatic carbocycles. The smallest absolute Gasteiger partial charge is 0.125 e. The maximum Gasteiger partial charge on any atom is 0.125 e. The molecule has 0 aliphatic rings. The Kier molecular flexibility index (Phi) is 1.74. The van der Waals surface area contributed by atoms with Crippen molar-refractivity contribution >= 4 is 0 Å². The van der Waals surface area contributed by atoms with Crippen LogP contribution in [0.5, 0.6) is 0 Å². The summed E-state index contributed by atoms with van der Waals surface area (Å²) in [6.45, 7) is 3.72. The topological polar surface area (TPSA) is 63.9 Å². The lowest BCUT2D eigenvalue weighted by atomic mass is 10.1. The SMILES string of the molecule is CC(C)(ON)c1ccn[nH]1.